The van der Waals surface area contributed by atoms with Crippen LogP contribution < -0.4 is 0 Å². The summed E-state index contributed by atoms with van der Waals surface area (Å²) < 4.78 is 14.0. The molecule has 0 aliphatic heterocycles. The van der Waals surface area contributed by atoms with Crippen molar-refractivity contribution in [1.82, 2.24) is 9.88 Å². The summed E-state index contributed by atoms with van der Waals surface area (Å²) in [4.78, 5) is 6.80. The number of hydrogen-bond donors (Lipinski definition) is 0. The summed E-state index contributed by atoms with van der Waals surface area (Å²) >= 11 is 6.39. The Balaban J connectivity index is 1.61. The number of halogens is 2. The molecule has 2 aromatic carbocycles. The standard InChI is InChI=1S/C20H18ClFN2/c21-20-16(11-14-5-2-4-8-19(14)23-20)13-24(17-9-10-17)12-15-6-1-3-7-18(15)22/h1-8,11,17H,9-10,12-13H2. The number of pyridine rings is 1. The number of nitrogens with zero attached hydrogens (tertiary/aromatic N) is 2. The van der Waals surface area contributed by atoms with E-state index in [2.05, 4.69) is 16.0 Å². The fraction of sp³-hybridized carbons (Fsp3) is 0.250. The molecule has 1 saturated carbocycles. The third-order valence-corrected chi connectivity index (χ3v) is 4.85. The molecule has 0 unspecified atom stereocenters. The van der Waals surface area contributed by atoms with E-state index in [1.54, 1.807) is 6.07 Å². The van der Waals surface area contributed by atoms with Crippen molar-refractivity contribution in [2.45, 2.75) is 32.0 Å². The minimum atomic E-state index is -0.147. The number of para-hydroxylation sites is 1. The Morgan fingerprint density at radius 2 is 1.71 bits per heavy atom. The molecule has 1 heterocycles. The van der Waals surface area contributed by atoms with Crippen molar-refractivity contribution in [2.75, 3.05) is 0 Å². The third-order valence-electron chi connectivity index (χ3n) is 4.52. The fourth-order valence-corrected chi connectivity index (χ4v) is 3.27. The van der Waals surface area contributed by atoms with Gasteiger partial charge in [0, 0.05) is 35.6 Å². The van der Waals surface area contributed by atoms with E-state index in [0.29, 0.717) is 24.3 Å². The first-order chi connectivity index (χ1) is 11.7. The maximum atomic E-state index is 14.0. The largest absolute Gasteiger partial charge is 0.292 e. The van der Waals surface area contributed by atoms with Gasteiger partial charge in [0.2, 0.25) is 0 Å². The van der Waals surface area contributed by atoms with Crippen LogP contribution in [-0.2, 0) is 13.1 Å². The zero-order valence-electron chi connectivity index (χ0n) is 13.3. The minimum Gasteiger partial charge on any atom is -0.292 e. The molecule has 0 radical (unpaired) electrons. The van der Waals surface area contributed by atoms with Gasteiger partial charge in [0.15, 0.2) is 0 Å². The second-order valence-corrected chi connectivity index (χ2v) is 6.72. The number of aromatic nitrogens is 1. The van der Waals surface area contributed by atoms with E-state index in [1.165, 1.54) is 6.07 Å². The van der Waals surface area contributed by atoms with Gasteiger partial charge in [0.05, 0.1) is 5.52 Å². The summed E-state index contributed by atoms with van der Waals surface area (Å²) in [6, 6.07) is 17.5. The van der Waals surface area contributed by atoms with Crippen LogP contribution in [0.4, 0.5) is 4.39 Å². The molecule has 2 nitrogen and oxygen atoms in total. The van der Waals surface area contributed by atoms with Crippen molar-refractivity contribution in [3.63, 3.8) is 0 Å². The van der Waals surface area contributed by atoms with E-state index in [-0.39, 0.29) is 5.82 Å². The van der Waals surface area contributed by atoms with E-state index in [0.717, 1.165) is 34.9 Å². The van der Waals surface area contributed by atoms with Gasteiger partial charge in [0.25, 0.3) is 0 Å². The summed E-state index contributed by atoms with van der Waals surface area (Å²) in [6.07, 6.45) is 2.32. The lowest BCUT2D eigenvalue weighted by molar-refractivity contribution is 0.242. The van der Waals surface area contributed by atoms with Gasteiger partial charge in [-0.1, -0.05) is 48.0 Å². The third kappa shape index (κ3) is 3.28. The van der Waals surface area contributed by atoms with Gasteiger partial charge < -0.3 is 0 Å². The van der Waals surface area contributed by atoms with E-state index >= 15 is 0 Å². The molecule has 1 fully saturated rings. The van der Waals surface area contributed by atoms with Gasteiger partial charge >= 0.3 is 0 Å². The molecule has 0 N–H and O–H groups in total. The normalized spacial score (nSPS) is 14.5. The Bertz CT molecular complexity index is 876. The van der Waals surface area contributed by atoms with Crippen LogP contribution >= 0.6 is 11.6 Å². The molecular formula is C20H18ClFN2. The van der Waals surface area contributed by atoms with E-state index in [4.69, 9.17) is 11.6 Å². The summed E-state index contributed by atoms with van der Waals surface area (Å²) in [5.41, 5.74) is 2.63. The fourth-order valence-electron chi connectivity index (χ4n) is 3.07. The Morgan fingerprint density at radius 1 is 1.00 bits per heavy atom. The molecule has 24 heavy (non-hydrogen) atoms. The summed E-state index contributed by atoms with van der Waals surface area (Å²) in [7, 11) is 0. The van der Waals surface area contributed by atoms with Crippen molar-refractivity contribution in [3.05, 3.63) is 76.7 Å². The molecule has 1 aliphatic carbocycles. The first kappa shape index (κ1) is 15.6. The maximum absolute atomic E-state index is 14.0. The molecule has 4 rings (SSSR count). The van der Waals surface area contributed by atoms with Gasteiger partial charge in [-0.3, -0.25) is 4.90 Å². The van der Waals surface area contributed by atoms with Crippen molar-refractivity contribution < 1.29 is 4.39 Å². The monoisotopic (exact) mass is 340 g/mol. The minimum absolute atomic E-state index is 0.147. The van der Waals surface area contributed by atoms with Crippen LogP contribution in [0.15, 0.2) is 54.6 Å². The van der Waals surface area contributed by atoms with Gasteiger partial charge in [-0.05, 0) is 31.0 Å². The lowest BCUT2D eigenvalue weighted by Gasteiger charge is -2.23. The maximum Gasteiger partial charge on any atom is 0.134 e. The quantitative estimate of drug-likeness (QED) is 0.594. The van der Waals surface area contributed by atoms with Crippen LogP contribution in [0, 0.1) is 5.82 Å². The Labute approximate surface area is 145 Å². The van der Waals surface area contributed by atoms with Crippen molar-refractivity contribution in [1.29, 1.82) is 0 Å². The zero-order chi connectivity index (χ0) is 16.5. The topological polar surface area (TPSA) is 16.1 Å². The average molecular weight is 341 g/mol. The molecule has 4 heteroatoms. The highest BCUT2D eigenvalue weighted by atomic mass is 35.5. The van der Waals surface area contributed by atoms with Gasteiger partial charge in [-0.25, -0.2) is 9.37 Å². The molecule has 1 aliphatic rings. The van der Waals surface area contributed by atoms with Crippen LogP contribution in [0.2, 0.25) is 5.15 Å². The lowest BCUT2D eigenvalue weighted by Crippen LogP contribution is -2.25. The van der Waals surface area contributed by atoms with E-state index in [1.807, 2.05) is 36.4 Å². The van der Waals surface area contributed by atoms with Crippen LogP contribution in [0.25, 0.3) is 10.9 Å². The predicted molar refractivity (Wildman–Crippen MR) is 95.4 cm³/mol. The number of rotatable bonds is 5. The molecule has 0 bridgehead atoms. The van der Waals surface area contributed by atoms with E-state index in [9.17, 15) is 4.39 Å². The van der Waals surface area contributed by atoms with Gasteiger partial charge in [-0.15, -0.1) is 0 Å². The average Bonchev–Trinajstić information content (AvgIpc) is 3.41. The Morgan fingerprint density at radius 3 is 2.50 bits per heavy atom. The molecular weight excluding hydrogens is 323 g/mol. The predicted octanol–water partition coefficient (Wildman–Crippen LogP) is 5.19. The van der Waals surface area contributed by atoms with Crippen LogP contribution in [-0.4, -0.2) is 15.9 Å². The summed E-state index contributed by atoms with van der Waals surface area (Å²) in [6.45, 7) is 1.29. The summed E-state index contributed by atoms with van der Waals surface area (Å²) in [5.74, 6) is -0.147. The van der Waals surface area contributed by atoms with Crippen LogP contribution in [0.3, 0.4) is 0 Å². The molecule has 122 valence electrons. The second-order valence-electron chi connectivity index (χ2n) is 6.36. The molecule has 0 saturated heterocycles. The van der Waals surface area contributed by atoms with Gasteiger partial charge in [-0.2, -0.15) is 0 Å². The molecule has 0 spiro atoms. The van der Waals surface area contributed by atoms with Crippen LogP contribution in [0.1, 0.15) is 24.0 Å². The highest BCUT2D eigenvalue weighted by Gasteiger charge is 2.30. The smallest absolute Gasteiger partial charge is 0.134 e. The second kappa shape index (κ2) is 6.50. The Hall–Kier alpha value is -1.97. The highest BCUT2D eigenvalue weighted by Crippen LogP contribution is 2.32. The first-order valence-corrected chi connectivity index (χ1v) is 8.60. The number of benzene rings is 2. The number of fused-ring (bicyclic) bond motifs is 1. The molecule has 0 atom stereocenters. The zero-order valence-corrected chi connectivity index (χ0v) is 14.0. The summed E-state index contributed by atoms with van der Waals surface area (Å²) in [5, 5.41) is 1.62. The first-order valence-electron chi connectivity index (χ1n) is 8.22. The van der Waals surface area contributed by atoms with Crippen molar-refractivity contribution >= 4 is 22.5 Å². The lowest BCUT2D eigenvalue weighted by atomic mass is 10.1. The van der Waals surface area contributed by atoms with Gasteiger partial charge in [0.1, 0.15) is 11.0 Å². The molecule has 1 aromatic heterocycles. The molecule has 3 aromatic rings. The van der Waals surface area contributed by atoms with Crippen molar-refractivity contribution in [3.8, 4) is 0 Å². The van der Waals surface area contributed by atoms with E-state index < -0.39 is 0 Å². The SMILES string of the molecule is Fc1ccccc1CN(Cc1cc2ccccc2nc1Cl)C1CC1. The molecule has 0 amide bonds. The number of hydrogen-bond acceptors (Lipinski definition) is 2. The van der Waals surface area contributed by atoms with Crippen LogP contribution in [0.5, 0.6) is 0 Å². The highest BCUT2D eigenvalue weighted by molar-refractivity contribution is 6.30. The Kier molecular flexibility index (Phi) is 4.21. The van der Waals surface area contributed by atoms with Crippen molar-refractivity contribution in [2.24, 2.45) is 0 Å².